The molecule has 0 aliphatic carbocycles. The van der Waals surface area contributed by atoms with Crippen molar-refractivity contribution < 1.29 is 0 Å². The number of hydrogen-bond donors (Lipinski definition) is 1. The lowest BCUT2D eigenvalue weighted by atomic mass is 9.90. The van der Waals surface area contributed by atoms with Gasteiger partial charge in [-0.15, -0.1) is 13.2 Å². The molecule has 0 bridgehead atoms. The Labute approximate surface area is 94.0 Å². The first-order valence-corrected chi connectivity index (χ1v) is 5.89. The highest BCUT2D eigenvalue weighted by molar-refractivity contribution is 4.92. The lowest BCUT2D eigenvalue weighted by molar-refractivity contribution is 0.186. The van der Waals surface area contributed by atoms with Gasteiger partial charge in [-0.2, -0.15) is 0 Å². The average Bonchev–Trinajstić information content (AvgIpc) is 2.19. The van der Waals surface area contributed by atoms with Crippen molar-refractivity contribution in [3.8, 4) is 0 Å². The van der Waals surface area contributed by atoms with Gasteiger partial charge < -0.3 is 5.32 Å². The average molecular weight is 208 g/mol. The molecular formula is C13H24N2. The van der Waals surface area contributed by atoms with Crippen LogP contribution in [0.4, 0.5) is 0 Å². The zero-order chi connectivity index (χ0) is 11.1. The van der Waals surface area contributed by atoms with Crippen LogP contribution in [0.2, 0.25) is 0 Å². The molecule has 2 heteroatoms. The molecule has 0 saturated carbocycles. The first-order valence-electron chi connectivity index (χ1n) is 5.89. The summed E-state index contributed by atoms with van der Waals surface area (Å²) in [6.07, 6.45) is 7.88. The van der Waals surface area contributed by atoms with E-state index in [4.69, 9.17) is 0 Å². The van der Waals surface area contributed by atoms with Crippen LogP contribution in [0.1, 0.15) is 26.2 Å². The fourth-order valence-corrected chi connectivity index (χ4v) is 2.32. The molecular weight excluding hydrogens is 184 g/mol. The lowest BCUT2D eigenvalue weighted by Crippen LogP contribution is -2.53. The van der Waals surface area contributed by atoms with Crippen LogP contribution in [-0.4, -0.2) is 36.6 Å². The van der Waals surface area contributed by atoms with Gasteiger partial charge in [-0.05, 0) is 26.3 Å². The minimum atomic E-state index is 0.282. The fraction of sp³-hybridized carbons (Fsp3) is 0.692. The number of nitrogens with one attached hydrogen (secondary N) is 1. The maximum absolute atomic E-state index is 3.80. The quantitative estimate of drug-likeness (QED) is 0.673. The second-order valence-corrected chi connectivity index (χ2v) is 4.72. The summed E-state index contributed by atoms with van der Waals surface area (Å²) in [4.78, 5) is 2.39. The molecule has 0 aromatic heterocycles. The lowest BCUT2D eigenvalue weighted by Gasteiger charge is -2.38. The summed E-state index contributed by atoms with van der Waals surface area (Å²) in [5.41, 5.74) is 0.282. The van der Waals surface area contributed by atoms with Crippen molar-refractivity contribution in [2.45, 2.75) is 31.7 Å². The number of hydrogen-bond acceptors (Lipinski definition) is 2. The third-order valence-corrected chi connectivity index (χ3v) is 3.05. The Morgan fingerprint density at radius 3 is 2.40 bits per heavy atom. The van der Waals surface area contributed by atoms with Gasteiger partial charge in [-0.1, -0.05) is 18.6 Å². The van der Waals surface area contributed by atoms with E-state index in [2.05, 4.69) is 30.3 Å². The Morgan fingerprint density at radius 1 is 1.27 bits per heavy atom. The molecule has 1 aliphatic rings. The molecule has 1 rings (SSSR count). The maximum atomic E-state index is 3.80. The van der Waals surface area contributed by atoms with Crippen LogP contribution >= 0.6 is 0 Å². The van der Waals surface area contributed by atoms with Crippen LogP contribution in [0, 0.1) is 0 Å². The van der Waals surface area contributed by atoms with E-state index < -0.39 is 0 Å². The van der Waals surface area contributed by atoms with Gasteiger partial charge in [0.25, 0.3) is 0 Å². The summed E-state index contributed by atoms with van der Waals surface area (Å²) in [6.45, 7) is 14.1. The molecule has 1 heterocycles. The molecule has 1 atom stereocenters. The fourth-order valence-electron chi connectivity index (χ4n) is 2.32. The van der Waals surface area contributed by atoms with Crippen LogP contribution in [0.25, 0.3) is 0 Å². The van der Waals surface area contributed by atoms with Crippen molar-refractivity contribution in [3.05, 3.63) is 25.3 Å². The van der Waals surface area contributed by atoms with Gasteiger partial charge in [0.1, 0.15) is 0 Å². The molecule has 1 saturated heterocycles. The smallest absolute Gasteiger partial charge is 0.0280 e. The Bertz CT molecular complexity index is 195. The van der Waals surface area contributed by atoms with Gasteiger partial charge in [-0.25, -0.2) is 0 Å². The normalized spacial score (nSPS) is 26.5. The Balaban J connectivity index is 2.46. The standard InChI is InChI=1S/C13H24N2/c1-4-10-15(11-5-2)12-13(3)8-6-7-9-14-13/h4-5,14H,1-2,6-12H2,3H3. The van der Waals surface area contributed by atoms with Gasteiger partial charge in [0.15, 0.2) is 0 Å². The van der Waals surface area contributed by atoms with E-state index in [1.165, 1.54) is 19.3 Å². The summed E-state index contributed by atoms with van der Waals surface area (Å²) in [7, 11) is 0. The Kier molecular flexibility index (Phi) is 5.06. The highest BCUT2D eigenvalue weighted by Crippen LogP contribution is 2.19. The zero-order valence-corrected chi connectivity index (χ0v) is 9.97. The van der Waals surface area contributed by atoms with Crippen LogP contribution < -0.4 is 5.32 Å². The highest BCUT2D eigenvalue weighted by Gasteiger charge is 2.27. The molecule has 0 aromatic rings. The van der Waals surface area contributed by atoms with E-state index in [9.17, 15) is 0 Å². The van der Waals surface area contributed by atoms with Gasteiger partial charge in [0, 0.05) is 25.2 Å². The summed E-state index contributed by atoms with van der Waals surface area (Å²) >= 11 is 0. The molecule has 86 valence electrons. The number of rotatable bonds is 6. The third-order valence-electron chi connectivity index (χ3n) is 3.05. The van der Waals surface area contributed by atoms with Crippen molar-refractivity contribution in [1.29, 1.82) is 0 Å². The topological polar surface area (TPSA) is 15.3 Å². The minimum Gasteiger partial charge on any atom is -0.310 e. The molecule has 0 spiro atoms. The van der Waals surface area contributed by atoms with Gasteiger partial charge in [-0.3, -0.25) is 4.90 Å². The monoisotopic (exact) mass is 208 g/mol. The minimum absolute atomic E-state index is 0.282. The predicted octanol–water partition coefficient (Wildman–Crippen LogP) is 2.19. The highest BCUT2D eigenvalue weighted by atomic mass is 15.2. The van der Waals surface area contributed by atoms with Crippen molar-refractivity contribution in [2.75, 3.05) is 26.2 Å². The zero-order valence-electron chi connectivity index (χ0n) is 9.97. The molecule has 0 aromatic carbocycles. The maximum Gasteiger partial charge on any atom is 0.0280 e. The van der Waals surface area contributed by atoms with Crippen molar-refractivity contribution in [3.63, 3.8) is 0 Å². The molecule has 1 N–H and O–H groups in total. The number of nitrogens with zero attached hydrogens (tertiary/aromatic N) is 1. The van der Waals surface area contributed by atoms with Crippen LogP contribution in [-0.2, 0) is 0 Å². The Morgan fingerprint density at radius 2 is 1.93 bits per heavy atom. The third kappa shape index (κ3) is 4.18. The van der Waals surface area contributed by atoms with E-state index in [1.54, 1.807) is 0 Å². The molecule has 0 radical (unpaired) electrons. The first-order chi connectivity index (χ1) is 7.20. The van der Waals surface area contributed by atoms with Crippen LogP contribution in [0.5, 0.6) is 0 Å². The first kappa shape index (κ1) is 12.5. The predicted molar refractivity (Wildman–Crippen MR) is 67.1 cm³/mol. The van der Waals surface area contributed by atoms with Crippen molar-refractivity contribution >= 4 is 0 Å². The summed E-state index contributed by atoms with van der Waals surface area (Å²) in [5.74, 6) is 0. The van der Waals surface area contributed by atoms with Crippen LogP contribution in [0.3, 0.4) is 0 Å². The number of piperidine rings is 1. The van der Waals surface area contributed by atoms with E-state index in [0.717, 1.165) is 26.2 Å². The molecule has 2 nitrogen and oxygen atoms in total. The largest absolute Gasteiger partial charge is 0.310 e. The molecule has 0 amide bonds. The van der Waals surface area contributed by atoms with Crippen molar-refractivity contribution in [2.24, 2.45) is 0 Å². The van der Waals surface area contributed by atoms with Crippen molar-refractivity contribution in [1.82, 2.24) is 10.2 Å². The van der Waals surface area contributed by atoms with E-state index in [0.29, 0.717) is 0 Å². The molecule has 1 fully saturated rings. The second kappa shape index (κ2) is 6.09. The van der Waals surface area contributed by atoms with E-state index in [-0.39, 0.29) is 5.54 Å². The summed E-state index contributed by atoms with van der Waals surface area (Å²) in [6, 6.07) is 0. The molecule has 15 heavy (non-hydrogen) atoms. The summed E-state index contributed by atoms with van der Waals surface area (Å²) < 4.78 is 0. The van der Waals surface area contributed by atoms with Gasteiger partial charge in [0.2, 0.25) is 0 Å². The van der Waals surface area contributed by atoms with Gasteiger partial charge >= 0.3 is 0 Å². The van der Waals surface area contributed by atoms with E-state index >= 15 is 0 Å². The van der Waals surface area contributed by atoms with E-state index in [1.807, 2.05) is 12.2 Å². The molecule has 1 unspecified atom stereocenters. The SMILES string of the molecule is C=CCN(CC=C)CC1(C)CCCCN1. The van der Waals surface area contributed by atoms with Crippen LogP contribution in [0.15, 0.2) is 25.3 Å². The second-order valence-electron chi connectivity index (χ2n) is 4.72. The summed E-state index contributed by atoms with van der Waals surface area (Å²) in [5, 5.41) is 3.63. The Hall–Kier alpha value is -0.600. The molecule has 1 aliphatic heterocycles. The van der Waals surface area contributed by atoms with Gasteiger partial charge in [0.05, 0.1) is 0 Å².